The van der Waals surface area contributed by atoms with Crippen LogP contribution < -0.4 is 5.32 Å². The van der Waals surface area contributed by atoms with Crippen molar-refractivity contribution < 1.29 is 0 Å². The number of pyridine rings is 1. The monoisotopic (exact) mass is 214 g/mol. The van der Waals surface area contributed by atoms with E-state index in [-0.39, 0.29) is 6.04 Å². The Morgan fingerprint density at radius 3 is 3.12 bits per heavy atom. The van der Waals surface area contributed by atoms with Gasteiger partial charge in [-0.15, -0.1) is 11.5 Å². The molecule has 0 aliphatic rings. The van der Waals surface area contributed by atoms with E-state index in [1.54, 1.807) is 4.52 Å². The summed E-state index contributed by atoms with van der Waals surface area (Å²) >= 11 is 0. The van der Waals surface area contributed by atoms with E-state index in [1.807, 2.05) is 24.4 Å². The molecule has 4 nitrogen and oxygen atoms in total. The molecule has 1 N–H and O–H groups in total. The van der Waals surface area contributed by atoms with Crippen LogP contribution in [0.25, 0.3) is 5.65 Å². The van der Waals surface area contributed by atoms with Gasteiger partial charge in [-0.2, -0.15) is 4.98 Å². The van der Waals surface area contributed by atoms with Gasteiger partial charge in [-0.3, -0.25) is 0 Å². The molecule has 2 aromatic heterocycles. The van der Waals surface area contributed by atoms with Crippen molar-refractivity contribution in [3.05, 3.63) is 24.4 Å². The van der Waals surface area contributed by atoms with Gasteiger partial charge in [0, 0.05) is 6.20 Å². The quantitative estimate of drug-likeness (QED) is 0.791. The number of nitrogens with zero attached hydrogens (tertiary/aromatic N) is 3. The molecule has 0 amide bonds. The van der Waals surface area contributed by atoms with Crippen molar-refractivity contribution in [2.24, 2.45) is 0 Å². The van der Waals surface area contributed by atoms with Gasteiger partial charge in [-0.1, -0.05) is 25.3 Å². The van der Waals surface area contributed by atoms with E-state index >= 15 is 0 Å². The van der Waals surface area contributed by atoms with Crippen molar-refractivity contribution in [2.45, 2.75) is 25.8 Å². The lowest BCUT2D eigenvalue weighted by molar-refractivity contribution is 0.747. The first-order valence-electron chi connectivity index (χ1n) is 5.37. The third-order valence-corrected chi connectivity index (χ3v) is 2.32. The smallest absolute Gasteiger partial charge is 0.244 e. The third kappa shape index (κ3) is 2.14. The average Bonchev–Trinajstić information content (AvgIpc) is 2.70. The van der Waals surface area contributed by atoms with Crippen LogP contribution in [0.2, 0.25) is 0 Å². The van der Waals surface area contributed by atoms with Gasteiger partial charge in [0.2, 0.25) is 5.95 Å². The zero-order valence-corrected chi connectivity index (χ0v) is 9.22. The molecule has 0 bridgehead atoms. The van der Waals surface area contributed by atoms with Crippen LogP contribution >= 0.6 is 0 Å². The van der Waals surface area contributed by atoms with E-state index in [2.05, 4.69) is 28.2 Å². The molecule has 0 saturated heterocycles. The predicted octanol–water partition coefficient (Wildman–Crippen LogP) is 1.94. The van der Waals surface area contributed by atoms with E-state index in [0.29, 0.717) is 5.95 Å². The fourth-order valence-corrected chi connectivity index (χ4v) is 1.53. The second-order valence-electron chi connectivity index (χ2n) is 3.59. The van der Waals surface area contributed by atoms with Gasteiger partial charge >= 0.3 is 0 Å². The first-order chi connectivity index (χ1) is 7.83. The number of aromatic nitrogens is 3. The maximum atomic E-state index is 5.43. The number of fused-ring (bicyclic) bond motifs is 1. The van der Waals surface area contributed by atoms with Crippen LogP contribution in [0.15, 0.2) is 24.4 Å². The van der Waals surface area contributed by atoms with Gasteiger partial charge in [0.25, 0.3) is 0 Å². The summed E-state index contributed by atoms with van der Waals surface area (Å²) in [6, 6.07) is 5.75. The maximum Gasteiger partial charge on any atom is 0.244 e. The number of hydrogen-bond donors (Lipinski definition) is 1. The summed E-state index contributed by atoms with van der Waals surface area (Å²) in [4.78, 5) is 4.33. The van der Waals surface area contributed by atoms with Crippen LogP contribution in [0.3, 0.4) is 0 Å². The summed E-state index contributed by atoms with van der Waals surface area (Å²) in [6.07, 6.45) is 9.25. The minimum atomic E-state index is 0.00223. The predicted molar refractivity (Wildman–Crippen MR) is 64.1 cm³/mol. The molecule has 82 valence electrons. The molecule has 4 heteroatoms. The lowest BCUT2D eigenvalue weighted by Crippen LogP contribution is -2.17. The van der Waals surface area contributed by atoms with Crippen molar-refractivity contribution >= 4 is 11.6 Å². The SMILES string of the molecule is C#CC(CCC)Nc1nc2ccccn2n1. The zero-order chi connectivity index (χ0) is 11.4. The molecule has 0 spiro atoms. The molecule has 0 aliphatic heterocycles. The number of anilines is 1. The van der Waals surface area contributed by atoms with Gasteiger partial charge in [0.1, 0.15) is 0 Å². The molecule has 0 fully saturated rings. The fraction of sp³-hybridized carbons (Fsp3) is 0.333. The molecule has 0 aromatic carbocycles. The van der Waals surface area contributed by atoms with Crippen molar-refractivity contribution in [1.29, 1.82) is 0 Å². The summed E-state index contributed by atoms with van der Waals surface area (Å²) < 4.78 is 1.72. The Bertz CT molecular complexity index is 476. The molecule has 0 saturated carbocycles. The highest BCUT2D eigenvalue weighted by atomic mass is 15.3. The highest BCUT2D eigenvalue weighted by Gasteiger charge is 2.07. The molecule has 2 rings (SSSR count). The molecule has 1 atom stereocenters. The molecule has 0 radical (unpaired) electrons. The summed E-state index contributed by atoms with van der Waals surface area (Å²) in [5.41, 5.74) is 0.817. The standard InChI is InChI=1S/C12H14N4/c1-3-7-10(4-2)13-12-14-11-8-5-6-9-16(11)15-12/h2,5-6,8-10H,3,7H2,1H3,(H,13,15). The Morgan fingerprint density at radius 2 is 2.44 bits per heavy atom. The molecule has 0 aliphatic carbocycles. The molecule has 1 unspecified atom stereocenters. The van der Waals surface area contributed by atoms with Crippen LogP contribution in [0.4, 0.5) is 5.95 Å². The Morgan fingerprint density at radius 1 is 1.56 bits per heavy atom. The van der Waals surface area contributed by atoms with Crippen LogP contribution in [0.1, 0.15) is 19.8 Å². The first-order valence-corrected chi connectivity index (χ1v) is 5.37. The Labute approximate surface area is 94.7 Å². The lowest BCUT2D eigenvalue weighted by Gasteiger charge is -2.08. The van der Waals surface area contributed by atoms with Crippen molar-refractivity contribution in [3.63, 3.8) is 0 Å². The minimum Gasteiger partial charge on any atom is -0.339 e. The van der Waals surface area contributed by atoms with Gasteiger partial charge in [-0.25, -0.2) is 4.52 Å². The van der Waals surface area contributed by atoms with Crippen LogP contribution in [-0.2, 0) is 0 Å². The summed E-state index contributed by atoms with van der Waals surface area (Å²) in [5, 5.41) is 7.42. The molecule has 16 heavy (non-hydrogen) atoms. The minimum absolute atomic E-state index is 0.00223. The van der Waals surface area contributed by atoms with Crippen molar-refractivity contribution in [1.82, 2.24) is 14.6 Å². The molecular weight excluding hydrogens is 200 g/mol. The normalized spacial score (nSPS) is 12.2. The Balaban J connectivity index is 2.18. The van der Waals surface area contributed by atoms with E-state index in [9.17, 15) is 0 Å². The molecular formula is C12H14N4. The number of nitrogens with one attached hydrogen (secondary N) is 1. The molecule has 2 heterocycles. The number of rotatable bonds is 4. The molecule has 2 aromatic rings. The highest BCUT2D eigenvalue weighted by molar-refractivity contribution is 5.43. The van der Waals surface area contributed by atoms with Gasteiger partial charge < -0.3 is 5.32 Å². The van der Waals surface area contributed by atoms with Crippen molar-refractivity contribution in [2.75, 3.05) is 5.32 Å². The fourth-order valence-electron chi connectivity index (χ4n) is 1.53. The number of hydrogen-bond acceptors (Lipinski definition) is 3. The van der Waals surface area contributed by atoms with Gasteiger partial charge in [0.05, 0.1) is 6.04 Å². The maximum absolute atomic E-state index is 5.43. The first kappa shape index (κ1) is 10.5. The summed E-state index contributed by atoms with van der Waals surface area (Å²) in [7, 11) is 0. The van der Waals surface area contributed by atoms with E-state index in [1.165, 1.54) is 0 Å². The Hall–Kier alpha value is -2.02. The van der Waals surface area contributed by atoms with E-state index in [0.717, 1.165) is 18.5 Å². The lowest BCUT2D eigenvalue weighted by atomic mass is 10.2. The van der Waals surface area contributed by atoms with Crippen molar-refractivity contribution in [3.8, 4) is 12.3 Å². The second kappa shape index (κ2) is 4.67. The largest absolute Gasteiger partial charge is 0.339 e. The third-order valence-electron chi connectivity index (χ3n) is 2.32. The van der Waals surface area contributed by atoms with Crippen LogP contribution in [-0.4, -0.2) is 20.6 Å². The highest BCUT2D eigenvalue weighted by Crippen LogP contribution is 2.07. The topological polar surface area (TPSA) is 42.2 Å². The summed E-state index contributed by atoms with van der Waals surface area (Å²) in [6.45, 7) is 2.10. The van der Waals surface area contributed by atoms with E-state index < -0.39 is 0 Å². The van der Waals surface area contributed by atoms with E-state index in [4.69, 9.17) is 6.42 Å². The number of terminal acetylenes is 1. The second-order valence-corrected chi connectivity index (χ2v) is 3.59. The van der Waals surface area contributed by atoms with Gasteiger partial charge in [-0.05, 0) is 18.6 Å². The van der Waals surface area contributed by atoms with Crippen LogP contribution in [0, 0.1) is 12.3 Å². The summed E-state index contributed by atoms with van der Waals surface area (Å²) in [5.74, 6) is 3.28. The van der Waals surface area contributed by atoms with Gasteiger partial charge in [0.15, 0.2) is 5.65 Å². The zero-order valence-electron chi connectivity index (χ0n) is 9.22. The average molecular weight is 214 g/mol. The Kier molecular flexibility index (Phi) is 3.06. The van der Waals surface area contributed by atoms with Crippen LogP contribution in [0.5, 0.6) is 0 Å².